The molecule has 0 heterocycles. The van der Waals surface area contributed by atoms with Gasteiger partial charge in [0.25, 0.3) is 0 Å². The largest absolute Gasteiger partial charge is 0.444 e. The van der Waals surface area contributed by atoms with E-state index in [-0.39, 0.29) is 18.4 Å². The maximum absolute atomic E-state index is 11.7. The lowest BCUT2D eigenvalue weighted by atomic mass is 10.1. The quantitative estimate of drug-likeness (QED) is 0.754. The van der Waals surface area contributed by atoms with Gasteiger partial charge in [0.2, 0.25) is 5.91 Å². The van der Waals surface area contributed by atoms with Crippen molar-refractivity contribution in [3.63, 3.8) is 0 Å². The molecule has 0 spiro atoms. The van der Waals surface area contributed by atoms with Crippen LogP contribution in [0.5, 0.6) is 0 Å². The highest BCUT2D eigenvalue weighted by Gasteiger charge is 2.21. The molecule has 1 unspecified atom stereocenters. The standard InChI is InChI=1S/C14H26N2O3/c1-7-8-9-11(10-12(17)16(5)6)15-13(18)19-14(2,3)4/h7,11H,1,8-10H2,2-6H3,(H,15,18). The van der Waals surface area contributed by atoms with Gasteiger partial charge >= 0.3 is 6.09 Å². The molecule has 0 saturated heterocycles. The van der Waals surface area contributed by atoms with Crippen molar-refractivity contribution in [1.82, 2.24) is 10.2 Å². The highest BCUT2D eigenvalue weighted by Crippen LogP contribution is 2.09. The van der Waals surface area contributed by atoms with Gasteiger partial charge in [-0.1, -0.05) is 6.08 Å². The van der Waals surface area contributed by atoms with Crippen LogP contribution in [0.1, 0.15) is 40.0 Å². The van der Waals surface area contributed by atoms with E-state index in [4.69, 9.17) is 4.74 Å². The molecular formula is C14H26N2O3. The Balaban J connectivity index is 4.45. The van der Waals surface area contributed by atoms with E-state index < -0.39 is 11.7 Å². The lowest BCUT2D eigenvalue weighted by molar-refractivity contribution is -0.129. The van der Waals surface area contributed by atoms with Crippen LogP contribution in [0.3, 0.4) is 0 Å². The summed E-state index contributed by atoms with van der Waals surface area (Å²) in [6.45, 7) is 9.05. The Morgan fingerprint density at radius 1 is 1.37 bits per heavy atom. The van der Waals surface area contributed by atoms with Gasteiger partial charge < -0.3 is 15.0 Å². The summed E-state index contributed by atoms with van der Waals surface area (Å²) in [7, 11) is 3.39. The number of rotatable bonds is 6. The van der Waals surface area contributed by atoms with Crippen LogP contribution in [-0.4, -0.2) is 42.6 Å². The molecule has 0 aromatic rings. The SMILES string of the molecule is C=CCCC(CC(=O)N(C)C)NC(=O)OC(C)(C)C. The Kier molecular flexibility index (Phi) is 7.19. The normalized spacial score (nSPS) is 12.5. The van der Waals surface area contributed by atoms with Crippen molar-refractivity contribution < 1.29 is 14.3 Å². The highest BCUT2D eigenvalue weighted by atomic mass is 16.6. The lowest BCUT2D eigenvalue weighted by Gasteiger charge is -2.24. The van der Waals surface area contributed by atoms with E-state index in [2.05, 4.69) is 11.9 Å². The number of hydrogen-bond acceptors (Lipinski definition) is 3. The van der Waals surface area contributed by atoms with E-state index in [0.717, 1.165) is 6.42 Å². The third-order valence-corrected chi connectivity index (χ3v) is 2.36. The third kappa shape index (κ3) is 9.11. The lowest BCUT2D eigenvalue weighted by Crippen LogP contribution is -2.41. The molecule has 110 valence electrons. The number of allylic oxidation sites excluding steroid dienone is 1. The van der Waals surface area contributed by atoms with Gasteiger partial charge in [0.1, 0.15) is 5.60 Å². The molecule has 0 aliphatic heterocycles. The molecule has 0 fully saturated rings. The number of nitrogens with zero attached hydrogens (tertiary/aromatic N) is 1. The average molecular weight is 270 g/mol. The number of ether oxygens (including phenoxy) is 1. The molecule has 0 aromatic heterocycles. The minimum atomic E-state index is -0.543. The zero-order valence-electron chi connectivity index (χ0n) is 12.7. The first-order valence-corrected chi connectivity index (χ1v) is 6.46. The van der Waals surface area contributed by atoms with Crippen molar-refractivity contribution in [2.24, 2.45) is 0 Å². The number of alkyl carbamates (subject to hydrolysis) is 1. The summed E-state index contributed by atoms with van der Waals surface area (Å²) in [4.78, 5) is 24.9. The highest BCUT2D eigenvalue weighted by molar-refractivity contribution is 5.77. The predicted octanol–water partition coefficient (Wildman–Crippen LogP) is 2.32. The molecule has 1 N–H and O–H groups in total. The van der Waals surface area contributed by atoms with Crippen LogP contribution in [0.4, 0.5) is 4.79 Å². The first-order chi connectivity index (χ1) is 8.65. The second-order valence-electron chi connectivity index (χ2n) is 5.70. The second-order valence-corrected chi connectivity index (χ2v) is 5.70. The molecule has 1 atom stereocenters. The smallest absolute Gasteiger partial charge is 0.407 e. The maximum atomic E-state index is 11.7. The zero-order chi connectivity index (χ0) is 15.1. The Morgan fingerprint density at radius 3 is 2.37 bits per heavy atom. The fourth-order valence-corrected chi connectivity index (χ4v) is 1.41. The number of amides is 2. The Bertz CT molecular complexity index is 319. The molecule has 0 aliphatic rings. The fraction of sp³-hybridized carbons (Fsp3) is 0.714. The molecular weight excluding hydrogens is 244 g/mol. The predicted molar refractivity (Wildman–Crippen MR) is 75.9 cm³/mol. The van der Waals surface area contributed by atoms with Crippen LogP contribution >= 0.6 is 0 Å². The van der Waals surface area contributed by atoms with Crippen LogP contribution in [0.2, 0.25) is 0 Å². The summed E-state index contributed by atoms with van der Waals surface area (Å²) in [6, 6.07) is -0.234. The van der Waals surface area contributed by atoms with Crippen LogP contribution in [0.25, 0.3) is 0 Å². The van der Waals surface area contributed by atoms with Crippen molar-refractivity contribution in [2.45, 2.75) is 51.7 Å². The van der Waals surface area contributed by atoms with Gasteiger partial charge in [-0.05, 0) is 33.6 Å². The molecule has 19 heavy (non-hydrogen) atoms. The van der Waals surface area contributed by atoms with E-state index in [1.54, 1.807) is 40.9 Å². The van der Waals surface area contributed by atoms with Gasteiger partial charge in [-0.3, -0.25) is 4.79 Å². The van der Waals surface area contributed by atoms with Crippen LogP contribution in [0, 0.1) is 0 Å². The van der Waals surface area contributed by atoms with E-state index >= 15 is 0 Å². The first-order valence-electron chi connectivity index (χ1n) is 6.46. The number of carbonyl (C=O) groups is 2. The molecule has 0 bridgehead atoms. The first kappa shape index (κ1) is 17.5. The average Bonchev–Trinajstić information content (AvgIpc) is 2.22. The summed E-state index contributed by atoms with van der Waals surface area (Å²) >= 11 is 0. The fourth-order valence-electron chi connectivity index (χ4n) is 1.41. The van der Waals surface area contributed by atoms with Crippen LogP contribution in [-0.2, 0) is 9.53 Å². The van der Waals surface area contributed by atoms with Crippen molar-refractivity contribution >= 4 is 12.0 Å². The minimum Gasteiger partial charge on any atom is -0.444 e. The Morgan fingerprint density at radius 2 is 1.95 bits per heavy atom. The van der Waals surface area contributed by atoms with E-state index in [0.29, 0.717) is 6.42 Å². The van der Waals surface area contributed by atoms with Gasteiger partial charge in [-0.25, -0.2) is 4.79 Å². The van der Waals surface area contributed by atoms with E-state index in [1.807, 2.05) is 0 Å². The third-order valence-electron chi connectivity index (χ3n) is 2.36. The van der Waals surface area contributed by atoms with Gasteiger partial charge in [0, 0.05) is 26.6 Å². The molecule has 5 heteroatoms. The summed E-state index contributed by atoms with van der Waals surface area (Å²) in [5.41, 5.74) is -0.543. The van der Waals surface area contributed by atoms with Gasteiger partial charge in [-0.2, -0.15) is 0 Å². The summed E-state index contributed by atoms with van der Waals surface area (Å²) in [5.74, 6) is -0.0230. The molecule has 2 amide bonds. The van der Waals surface area contributed by atoms with Crippen molar-refractivity contribution in [2.75, 3.05) is 14.1 Å². The molecule has 0 aromatic carbocycles. The summed E-state index contributed by atoms with van der Waals surface area (Å²) in [6.07, 6.45) is 2.95. The van der Waals surface area contributed by atoms with E-state index in [9.17, 15) is 9.59 Å². The Labute approximate surface area is 116 Å². The van der Waals surface area contributed by atoms with Crippen LogP contribution in [0.15, 0.2) is 12.7 Å². The van der Waals surface area contributed by atoms with Gasteiger partial charge in [0.15, 0.2) is 0 Å². The zero-order valence-corrected chi connectivity index (χ0v) is 12.7. The Hall–Kier alpha value is -1.52. The van der Waals surface area contributed by atoms with Crippen molar-refractivity contribution in [1.29, 1.82) is 0 Å². The molecule has 5 nitrogen and oxygen atoms in total. The van der Waals surface area contributed by atoms with Crippen molar-refractivity contribution in [3.8, 4) is 0 Å². The number of hydrogen-bond donors (Lipinski definition) is 1. The monoisotopic (exact) mass is 270 g/mol. The van der Waals surface area contributed by atoms with E-state index in [1.165, 1.54) is 4.90 Å². The van der Waals surface area contributed by atoms with Crippen LogP contribution < -0.4 is 5.32 Å². The maximum Gasteiger partial charge on any atom is 0.407 e. The molecule has 0 saturated carbocycles. The number of nitrogens with one attached hydrogen (secondary N) is 1. The molecule has 0 rings (SSSR count). The molecule has 0 radical (unpaired) electrons. The molecule has 0 aliphatic carbocycles. The summed E-state index contributed by atoms with van der Waals surface area (Å²) in [5, 5.41) is 2.74. The topological polar surface area (TPSA) is 58.6 Å². The second kappa shape index (κ2) is 7.81. The number of carbonyl (C=O) groups excluding carboxylic acids is 2. The van der Waals surface area contributed by atoms with Gasteiger partial charge in [-0.15, -0.1) is 6.58 Å². The van der Waals surface area contributed by atoms with Crippen molar-refractivity contribution in [3.05, 3.63) is 12.7 Å². The minimum absolute atomic E-state index is 0.0230. The summed E-state index contributed by atoms with van der Waals surface area (Å²) < 4.78 is 5.19. The van der Waals surface area contributed by atoms with Gasteiger partial charge in [0.05, 0.1) is 0 Å².